The molecule has 0 spiro atoms. The molecule has 5 heteroatoms. The second-order valence-corrected chi connectivity index (χ2v) is 4.08. The van der Waals surface area contributed by atoms with E-state index in [4.69, 9.17) is 5.26 Å². The van der Waals surface area contributed by atoms with E-state index in [9.17, 15) is 4.79 Å². The summed E-state index contributed by atoms with van der Waals surface area (Å²) >= 11 is 0. The quantitative estimate of drug-likeness (QED) is 0.891. The molecule has 1 amide bonds. The molecule has 0 aliphatic heterocycles. The zero-order valence-electron chi connectivity index (χ0n) is 11.1. The van der Waals surface area contributed by atoms with Gasteiger partial charge < -0.3 is 10.6 Å². The van der Waals surface area contributed by atoms with Crippen molar-refractivity contribution in [3.8, 4) is 6.07 Å². The molecule has 0 aliphatic rings. The molecule has 0 saturated carbocycles. The predicted octanol–water partition coefficient (Wildman–Crippen LogP) is 2.64. The number of nitrogens with zero attached hydrogens (tertiary/aromatic N) is 2. The Kier molecular flexibility index (Phi) is 4.30. The summed E-state index contributed by atoms with van der Waals surface area (Å²) in [5.74, 6) is 0.384. The van der Waals surface area contributed by atoms with Gasteiger partial charge in [-0.2, -0.15) is 5.26 Å². The van der Waals surface area contributed by atoms with Gasteiger partial charge in [-0.05, 0) is 43.3 Å². The molecule has 0 fully saturated rings. The summed E-state index contributed by atoms with van der Waals surface area (Å²) in [6.45, 7) is 2.71. The number of rotatable bonds is 4. The van der Waals surface area contributed by atoms with Gasteiger partial charge in [0.15, 0.2) is 0 Å². The predicted molar refractivity (Wildman–Crippen MR) is 77.5 cm³/mol. The zero-order chi connectivity index (χ0) is 14.4. The Bertz CT molecular complexity index is 644. The van der Waals surface area contributed by atoms with E-state index in [2.05, 4.69) is 15.6 Å². The first-order chi connectivity index (χ1) is 9.72. The van der Waals surface area contributed by atoms with Gasteiger partial charge in [0, 0.05) is 12.2 Å². The highest BCUT2D eigenvalue weighted by Gasteiger charge is 2.08. The molecule has 0 radical (unpaired) electrons. The first-order valence-electron chi connectivity index (χ1n) is 6.25. The Morgan fingerprint density at radius 3 is 2.65 bits per heavy atom. The third-order valence-corrected chi connectivity index (χ3v) is 2.61. The molecule has 0 bridgehead atoms. The van der Waals surface area contributed by atoms with Crippen LogP contribution in [0.5, 0.6) is 0 Å². The number of aromatic nitrogens is 1. The van der Waals surface area contributed by atoms with Crippen LogP contribution in [-0.4, -0.2) is 17.4 Å². The molecule has 5 nitrogen and oxygen atoms in total. The maximum atomic E-state index is 12.1. The van der Waals surface area contributed by atoms with Crippen molar-refractivity contribution < 1.29 is 4.79 Å². The van der Waals surface area contributed by atoms with E-state index in [1.807, 2.05) is 19.1 Å². The van der Waals surface area contributed by atoms with Crippen LogP contribution in [0.2, 0.25) is 0 Å². The summed E-state index contributed by atoms with van der Waals surface area (Å²) in [5, 5.41) is 14.5. The number of benzene rings is 1. The minimum Gasteiger partial charge on any atom is -0.370 e. The molecule has 1 heterocycles. The van der Waals surface area contributed by atoms with Crippen LogP contribution in [0.15, 0.2) is 42.5 Å². The molecule has 1 aromatic heterocycles. The van der Waals surface area contributed by atoms with Gasteiger partial charge in [0.1, 0.15) is 11.5 Å². The summed E-state index contributed by atoms with van der Waals surface area (Å²) in [6.07, 6.45) is 0. The van der Waals surface area contributed by atoms with E-state index < -0.39 is 0 Å². The molecule has 1 aromatic carbocycles. The monoisotopic (exact) mass is 266 g/mol. The van der Waals surface area contributed by atoms with Gasteiger partial charge in [-0.1, -0.05) is 6.07 Å². The summed E-state index contributed by atoms with van der Waals surface area (Å²) in [7, 11) is 0. The van der Waals surface area contributed by atoms with Crippen LogP contribution in [0.3, 0.4) is 0 Å². The van der Waals surface area contributed by atoms with E-state index in [1.54, 1.807) is 36.4 Å². The van der Waals surface area contributed by atoms with Gasteiger partial charge in [-0.25, -0.2) is 4.98 Å². The van der Waals surface area contributed by atoms with Crippen LogP contribution in [-0.2, 0) is 0 Å². The number of anilines is 2. The fourth-order valence-corrected chi connectivity index (χ4v) is 1.66. The van der Waals surface area contributed by atoms with Crippen molar-refractivity contribution >= 4 is 17.4 Å². The maximum Gasteiger partial charge on any atom is 0.274 e. The van der Waals surface area contributed by atoms with Crippen molar-refractivity contribution in [3.05, 3.63) is 53.7 Å². The third kappa shape index (κ3) is 3.33. The number of carbonyl (C=O) groups excluding carboxylic acids is 1. The summed E-state index contributed by atoms with van der Waals surface area (Å²) < 4.78 is 0. The van der Waals surface area contributed by atoms with E-state index in [1.165, 1.54) is 0 Å². The topological polar surface area (TPSA) is 77.8 Å². The summed E-state index contributed by atoms with van der Waals surface area (Å²) in [6, 6.07) is 13.9. The molecule has 100 valence electrons. The Hall–Kier alpha value is -2.87. The molecule has 2 N–H and O–H groups in total. The number of hydrogen-bond donors (Lipinski definition) is 2. The molecule has 2 aromatic rings. The third-order valence-electron chi connectivity index (χ3n) is 2.61. The second kappa shape index (κ2) is 6.34. The zero-order valence-corrected chi connectivity index (χ0v) is 11.1. The van der Waals surface area contributed by atoms with Crippen molar-refractivity contribution in [3.63, 3.8) is 0 Å². The van der Waals surface area contributed by atoms with Gasteiger partial charge in [-0.15, -0.1) is 0 Å². The highest BCUT2D eigenvalue weighted by Crippen LogP contribution is 2.11. The van der Waals surface area contributed by atoms with E-state index in [0.29, 0.717) is 22.8 Å². The average Bonchev–Trinajstić information content (AvgIpc) is 2.48. The fraction of sp³-hybridized carbons (Fsp3) is 0.133. The van der Waals surface area contributed by atoms with Gasteiger partial charge in [0.25, 0.3) is 5.91 Å². The largest absolute Gasteiger partial charge is 0.370 e. The van der Waals surface area contributed by atoms with Crippen LogP contribution < -0.4 is 10.6 Å². The lowest BCUT2D eigenvalue weighted by Gasteiger charge is -2.07. The Labute approximate surface area is 117 Å². The second-order valence-electron chi connectivity index (χ2n) is 4.08. The molecular weight excluding hydrogens is 252 g/mol. The lowest BCUT2D eigenvalue weighted by Crippen LogP contribution is -2.14. The smallest absolute Gasteiger partial charge is 0.274 e. The average molecular weight is 266 g/mol. The number of hydrogen-bond acceptors (Lipinski definition) is 4. The van der Waals surface area contributed by atoms with Crippen LogP contribution in [0.25, 0.3) is 0 Å². The van der Waals surface area contributed by atoms with Crippen molar-refractivity contribution in [1.29, 1.82) is 5.26 Å². The SMILES string of the molecule is CCNc1cccc(C(=O)Nc2ccc(C#N)cc2)n1. The number of nitriles is 1. The minimum absolute atomic E-state index is 0.283. The number of nitrogens with one attached hydrogen (secondary N) is 2. The summed E-state index contributed by atoms with van der Waals surface area (Å²) in [4.78, 5) is 16.3. The van der Waals surface area contributed by atoms with E-state index in [-0.39, 0.29) is 5.91 Å². The molecule has 2 rings (SSSR count). The van der Waals surface area contributed by atoms with Crippen LogP contribution in [0.1, 0.15) is 23.0 Å². The highest BCUT2D eigenvalue weighted by molar-refractivity contribution is 6.03. The molecule has 0 atom stereocenters. The molecule has 0 aliphatic carbocycles. The highest BCUT2D eigenvalue weighted by atomic mass is 16.1. The minimum atomic E-state index is -0.283. The lowest BCUT2D eigenvalue weighted by atomic mass is 10.2. The molecule has 0 unspecified atom stereocenters. The van der Waals surface area contributed by atoms with Crippen molar-refractivity contribution in [1.82, 2.24) is 4.98 Å². The number of amides is 1. The van der Waals surface area contributed by atoms with Crippen LogP contribution >= 0.6 is 0 Å². The van der Waals surface area contributed by atoms with Crippen LogP contribution in [0.4, 0.5) is 11.5 Å². The molecule has 20 heavy (non-hydrogen) atoms. The maximum absolute atomic E-state index is 12.1. The first-order valence-corrected chi connectivity index (χ1v) is 6.25. The Morgan fingerprint density at radius 2 is 2.00 bits per heavy atom. The molecule has 0 saturated heterocycles. The number of carbonyl (C=O) groups is 1. The van der Waals surface area contributed by atoms with Crippen molar-refractivity contribution in [2.45, 2.75) is 6.92 Å². The standard InChI is InChI=1S/C15H14N4O/c1-2-17-14-5-3-4-13(19-14)15(20)18-12-8-6-11(10-16)7-9-12/h3-9H,2H2,1H3,(H,17,19)(H,18,20). The first kappa shape index (κ1) is 13.6. The van der Waals surface area contributed by atoms with Gasteiger partial charge >= 0.3 is 0 Å². The summed E-state index contributed by atoms with van der Waals surface area (Å²) in [5.41, 5.74) is 1.52. The number of pyridine rings is 1. The van der Waals surface area contributed by atoms with Crippen molar-refractivity contribution in [2.75, 3.05) is 17.2 Å². The van der Waals surface area contributed by atoms with Gasteiger partial charge in [-0.3, -0.25) is 4.79 Å². The van der Waals surface area contributed by atoms with Gasteiger partial charge in [0.05, 0.1) is 11.6 Å². The molecular formula is C15H14N4O. The van der Waals surface area contributed by atoms with E-state index >= 15 is 0 Å². The lowest BCUT2D eigenvalue weighted by molar-refractivity contribution is 0.102. The normalized spacial score (nSPS) is 9.60. The van der Waals surface area contributed by atoms with Gasteiger partial charge in [0.2, 0.25) is 0 Å². The Balaban J connectivity index is 2.11. The Morgan fingerprint density at radius 1 is 1.25 bits per heavy atom. The van der Waals surface area contributed by atoms with Crippen LogP contribution in [0, 0.1) is 11.3 Å². The van der Waals surface area contributed by atoms with E-state index in [0.717, 1.165) is 6.54 Å². The van der Waals surface area contributed by atoms with Crippen molar-refractivity contribution in [2.24, 2.45) is 0 Å². The fourth-order valence-electron chi connectivity index (χ4n) is 1.66.